The Kier molecular flexibility index (Phi) is 4.32. The lowest BCUT2D eigenvalue weighted by molar-refractivity contribution is -0.146. The van der Waals surface area contributed by atoms with E-state index in [0.29, 0.717) is 18.6 Å². The monoisotopic (exact) mass is 280 g/mol. The molecule has 1 saturated carbocycles. The number of ether oxygens (including phenoxy) is 1. The zero-order chi connectivity index (χ0) is 14.1. The van der Waals surface area contributed by atoms with E-state index in [1.54, 1.807) is 0 Å². The van der Waals surface area contributed by atoms with Crippen LogP contribution in [0.4, 0.5) is 0 Å². The molecule has 2 saturated heterocycles. The smallest absolute Gasteiger partial charge is 0.240 e. The van der Waals surface area contributed by atoms with Crippen LogP contribution >= 0.6 is 0 Å². The number of carbonyl (C=O) groups excluding carboxylic acids is 1. The van der Waals surface area contributed by atoms with Crippen LogP contribution in [0.25, 0.3) is 0 Å². The van der Waals surface area contributed by atoms with Crippen LogP contribution in [-0.4, -0.2) is 48.2 Å². The van der Waals surface area contributed by atoms with E-state index in [-0.39, 0.29) is 18.2 Å². The van der Waals surface area contributed by atoms with Crippen LogP contribution in [0.1, 0.15) is 52.4 Å². The number of fused-ring (bicyclic) bond motifs is 1. The summed E-state index contributed by atoms with van der Waals surface area (Å²) in [4.78, 5) is 15.0. The largest absolute Gasteiger partial charge is 0.375 e. The summed E-state index contributed by atoms with van der Waals surface area (Å²) in [6.45, 7) is 5.66. The van der Waals surface area contributed by atoms with Crippen LogP contribution in [0.15, 0.2) is 0 Å². The number of carbonyl (C=O) groups is 1. The molecule has 4 heteroatoms. The molecule has 0 aromatic heterocycles. The topological polar surface area (TPSA) is 41.6 Å². The molecule has 5 atom stereocenters. The Labute approximate surface area is 122 Å². The van der Waals surface area contributed by atoms with E-state index in [1.165, 1.54) is 25.7 Å². The van der Waals surface area contributed by atoms with E-state index in [2.05, 4.69) is 24.1 Å². The molecule has 2 aliphatic heterocycles. The molecule has 1 N–H and O–H groups in total. The third kappa shape index (κ3) is 2.73. The van der Waals surface area contributed by atoms with E-state index in [9.17, 15) is 4.79 Å². The normalized spacial score (nSPS) is 41.5. The highest BCUT2D eigenvalue weighted by molar-refractivity contribution is 5.82. The average Bonchev–Trinajstić information content (AvgIpc) is 2.90. The third-order valence-electron chi connectivity index (χ3n) is 5.38. The lowest BCUT2D eigenvalue weighted by Crippen LogP contribution is -2.56. The van der Waals surface area contributed by atoms with Crippen molar-refractivity contribution in [3.05, 3.63) is 0 Å². The first kappa shape index (κ1) is 14.3. The molecule has 3 rings (SSSR count). The van der Waals surface area contributed by atoms with E-state index in [4.69, 9.17) is 4.74 Å². The fourth-order valence-electron chi connectivity index (χ4n) is 4.16. The maximum absolute atomic E-state index is 12.9. The van der Waals surface area contributed by atoms with Gasteiger partial charge in [-0.1, -0.05) is 19.8 Å². The summed E-state index contributed by atoms with van der Waals surface area (Å²) in [7, 11) is 0. The number of nitrogens with one attached hydrogen (secondary N) is 1. The van der Waals surface area contributed by atoms with Gasteiger partial charge in [0, 0.05) is 12.6 Å². The minimum atomic E-state index is 0.0578. The second kappa shape index (κ2) is 6.02. The first-order chi connectivity index (χ1) is 9.69. The molecular formula is C16H28N2O2. The zero-order valence-corrected chi connectivity index (χ0v) is 12.8. The predicted octanol–water partition coefficient (Wildman–Crippen LogP) is 1.93. The molecule has 4 nitrogen and oxygen atoms in total. The second-order valence-corrected chi connectivity index (χ2v) is 6.80. The summed E-state index contributed by atoms with van der Waals surface area (Å²) in [5, 5.41) is 3.62. The van der Waals surface area contributed by atoms with Crippen molar-refractivity contribution in [3.63, 3.8) is 0 Å². The minimum Gasteiger partial charge on any atom is -0.375 e. The molecule has 3 fully saturated rings. The number of nitrogens with zero attached hydrogens (tertiary/aromatic N) is 1. The van der Waals surface area contributed by atoms with Crippen LogP contribution in [0.2, 0.25) is 0 Å². The van der Waals surface area contributed by atoms with Gasteiger partial charge in [-0.15, -0.1) is 0 Å². The zero-order valence-electron chi connectivity index (χ0n) is 12.8. The highest BCUT2D eigenvalue weighted by Crippen LogP contribution is 2.34. The lowest BCUT2D eigenvalue weighted by Gasteiger charge is -2.39. The van der Waals surface area contributed by atoms with Gasteiger partial charge in [0.2, 0.25) is 5.91 Å². The Bertz CT molecular complexity index is 346. The maximum Gasteiger partial charge on any atom is 0.240 e. The Morgan fingerprint density at radius 1 is 1.35 bits per heavy atom. The molecule has 0 radical (unpaired) electrons. The van der Waals surface area contributed by atoms with Gasteiger partial charge in [0.1, 0.15) is 0 Å². The summed E-state index contributed by atoms with van der Waals surface area (Å²) in [6, 6.07) is 0.918. The third-order valence-corrected chi connectivity index (χ3v) is 5.38. The Hall–Kier alpha value is -0.610. The van der Waals surface area contributed by atoms with Crippen molar-refractivity contribution in [2.24, 2.45) is 5.92 Å². The SMILES string of the molecule is CCC1COC(C)CN1C(=O)C1CC2CCCCC2N1. The summed E-state index contributed by atoms with van der Waals surface area (Å²) in [5.41, 5.74) is 0. The standard InChI is InChI=1S/C16H28N2O2/c1-3-13-10-20-11(2)9-18(13)16(19)15-8-12-6-4-5-7-14(12)17-15/h11-15,17H,3-10H2,1-2H3. The van der Waals surface area contributed by atoms with Gasteiger partial charge < -0.3 is 15.0 Å². The van der Waals surface area contributed by atoms with Gasteiger partial charge in [0.05, 0.1) is 24.8 Å². The van der Waals surface area contributed by atoms with Crippen LogP contribution in [0, 0.1) is 5.92 Å². The van der Waals surface area contributed by atoms with Gasteiger partial charge in [-0.2, -0.15) is 0 Å². The van der Waals surface area contributed by atoms with E-state index < -0.39 is 0 Å². The van der Waals surface area contributed by atoms with E-state index >= 15 is 0 Å². The Balaban J connectivity index is 1.65. The average molecular weight is 280 g/mol. The molecule has 1 amide bonds. The molecule has 1 aliphatic carbocycles. The first-order valence-electron chi connectivity index (χ1n) is 8.37. The lowest BCUT2D eigenvalue weighted by atomic mass is 9.85. The molecule has 0 aromatic rings. The van der Waals surface area contributed by atoms with Crippen molar-refractivity contribution in [1.29, 1.82) is 0 Å². The van der Waals surface area contributed by atoms with Gasteiger partial charge in [-0.25, -0.2) is 0 Å². The molecule has 0 aromatic carbocycles. The van der Waals surface area contributed by atoms with E-state index in [1.807, 2.05) is 0 Å². The number of rotatable bonds is 2. The highest BCUT2D eigenvalue weighted by Gasteiger charge is 2.41. The van der Waals surface area contributed by atoms with Crippen LogP contribution in [0.3, 0.4) is 0 Å². The second-order valence-electron chi connectivity index (χ2n) is 6.80. The van der Waals surface area contributed by atoms with Gasteiger partial charge in [0.15, 0.2) is 0 Å². The van der Waals surface area contributed by atoms with Crippen molar-refractivity contribution in [2.45, 2.75) is 76.6 Å². The molecule has 0 spiro atoms. The number of hydrogen-bond donors (Lipinski definition) is 1. The fraction of sp³-hybridized carbons (Fsp3) is 0.938. The van der Waals surface area contributed by atoms with Crippen molar-refractivity contribution in [3.8, 4) is 0 Å². The summed E-state index contributed by atoms with van der Waals surface area (Å²) in [6.07, 6.45) is 7.43. The summed E-state index contributed by atoms with van der Waals surface area (Å²) < 4.78 is 5.70. The quantitative estimate of drug-likeness (QED) is 0.840. The van der Waals surface area contributed by atoms with Crippen LogP contribution < -0.4 is 5.32 Å². The molecule has 20 heavy (non-hydrogen) atoms. The molecule has 2 heterocycles. The first-order valence-corrected chi connectivity index (χ1v) is 8.37. The molecular weight excluding hydrogens is 252 g/mol. The van der Waals surface area contributed by atoms with Gasteiger partial charge in [0.25, 0.3) is 0 Å². The van der Waals surface area contributed by atoms with Gasteiger partial charge in [-0.3, -0.25) is 4.79 Å². The molecule has 3 aliphatic rings. The van der Waals surface area contributed by atoms with Gasteiger partial charge >= 0.3 is 0 Å². The Morgan fingerprint density at radius 2 is 2.15 bits per heavy atom. The molecule has 0 bridgehead atoms. The van der Waals surface area contributed by atoms with Gasteiger partial charge in [-0.05, 0) is 38.5 Å². The Morgan fingerprint density at radius 3 is 2.90 bits per heavy atom. The van der Waals surface area contributed by atoms with E-state index in [0.717, 1.165) is 25.3 Å². The van der Waals surface area contributed by atoms with Crippen molar-refractivity contribution >= 4 is 5.91 Å². The summed E-state index contributed by atoms with van der Waals surface area (Å²) >= 11 is 0. The number of amides is 1. The fourth-order valence-corrected chi connectivity index (χ4v) is 4.16. The summed E-state index contributed by atoms with van der Waals surface area (Å²) in [5.74, 6) is 1.05. The van der Waals surface area contributed by atoms with Crippen LogP contribution in [0.5, 0.6) is 0 Å². The molecule has 114 valence electrons. The van der Waals surface area contributed by atoms with Crippen molar-refractivity contribution in [2.75, 3.05) is 13.2 Å². The predicted molar refractivity (Wildman–Crippen MR) is 78.5 cm³/mol. The molecule has 5 unspecified atom stereocenters. The van der Waals surface area contributed by atoms with Crippen LogP contribution in [-0.2, 0) is 9.53 Å². The van der Waals surface area contributed by atoms with Crippen molar-refractivity contribution < 1.29 is 9.53 Å². The van der Waals surface area contributed by atoms with Crippen molar-refractivity contribution in [1.82, 2.24) is 10.2 Å². The highest BCUT2D eigenvalue weighted by atomic mass is 16.5. The number of hydrogen-bond acceptors (Lipinski definition) is 3. The minimum absolute atomic E-state index is 0.0578. The maximum atomic E-state index is 12.9. The number of morpholine rings is 1.